The smallest absolute Gasteiger partial charge is 0.338 e. The van der Waals surface area contributed by atoms with Crippen molar-refractivity contribution in [3.63, 3.8) is 0 Å². The Labute approximate surface area is 182 Å². The fourth-order valence-corrected chi connectivity index (χ4v) is 5.50. The second kappa shape index (κ2) is 9.51. The van der Waals surface area contributed by atoms with Gasteiger partial charge in [-0.05, 0) is 49.2 Å². The minimum Gasteiger partial charge on any atom is -0.454 e. The van der Waals surface area contributed by atoms with Crippen LogP contribution in [0.3, 0.4) is 0 Å². The summed E-state index contributed by atoms with van der Waals surface area (Å²) in [4.78, 5) is 12.4. The number of ether oxygens (including phenoxy) is 1. The van der Waals surface area contributed by atoms with Crippen LogP contribution in [0, 0.1) is 0 Å². The largest absolute Gasteiger partial charge is 0.454 e. The van der Waals surface area contributed by atoms with Crippen LogP contribution in [0.1, 0.15) is 41.8 Å². The molecule has 0 spiro atoms. The van der Waals surface area contributed by atoms with E-state index in [1.165, 1.54) is 54.8 Å². The molecule has 1 fully saturated rings. The molecule has 1 aliphatic rings. The van der Waals surface area contributed by atoms with Gasteiger partial charge >= 0.3 is 5.97 Å². The van der Waals surface area contributed by atoms with Crippen molar-refractivity contribution >= 4 is 26.0 Å². The average Bonchev–Trinajstić information content (AvgIpc) is 3.05. The molecule has 0 radical (unpaired) electrons. The minimum atomic E-state index is -3.71. The lowest BCUT2D eigenvalue weighted by Gasteiger charge is -2.19. The van der Waals surface area contributed by atoms with Crippen LogP contribution < -0.4 is 0 Å². The Balaban J connectivity index is 1.64. The zero-order chi connectivity index (χ0) is 22.6. The van der Waals surface area contributed by atoms with Gasteiger partial charge in [-0.25, -0.2) is 25.9 Å². The highest BCUT2D eigenvalue weighted by Crippen LogP contribution is 2.21. The molecule has 0 N–H and O–H groups in total. The van der Waals surface area contributed by atoms with Crippen LogP contribution in [-0.4, -0.2) is 58.6 Å². The van der Waals surface area contributed by atoms with Gasteiger partial charge in [-0.2, -0.15) is 4.31 Å². The van der Waals surface area contributed by atoms with E-state index in [1.807, 2.05) is 0 Å². The van der Waals surface area contributed by atoms with Gasteiger partial charge in [0.15, 0.2) is 0 Å². The van der Waals surface area contributed by atoms with Gasteiger partial charge in [0.05, 0.1) is 10.5 Å². The quantitative estimate of drug-likeness (QED) is 0.571. The van der Waals surface area contributed by atoms with Crippen molar-refractivity contribution in [3.05, 3.63) is 47.7 Å². The first-order valence-corrected chi connectivity index (χ1v) is 12.8. The molecule has 1 saturated heterocycles. The van der Waals surface area contributed by atoms with E-state index >= 15 is 0 Å². The van der Waals surface area contributed by atoms with Crippen molar-refractivity contribution in [2.75, 3.05) is 27.2 Å². The number of sulfonamides is 2. The fraction of sp³-hybridized carbons (Fsp3) is 0.450. The zero-order valence-corrected chi connectivity index (χ0v) is 19.1. The monoisotopic (exact) mass is 470 g/mol. The molecule has 3 rings (SSSR count). The second-order valence-corrected chi connectivity index (χ2v) is 11.4. The molecule has 31 heavy (non-hydrogen) atoms. The predicted octanol–water partition coefficient (Wildman–Crippen LogP) is 2.45. The summed E-state index contributed by atoms with van der Waals surface area (Å²) < 4.78 is 62.6. The van der Waals surface area contributed by atoms with Crippen molar-refractivity contribution in [2.24, 2.45) is 0 Å². The second-order valence-electron chi connectivity index (χ2n) is 7.43. The summed E-state index contributed by atoms with van der Waals surface area (Å²) in [5, 5.41) is -0.244. The van der Waals surface area contributed by atoms with Gasteiger partial charge < -0.3 is 9.15 Å². The summed E-state index contributed by atoms with van der Waals surface area (Å²) >= 11 is 0. The van der Waals surface area contributed by atoms with Crippen LogP contribution >= 0.6 is 0 Å². The van der Waals surface area contributed by atoms with Crippen LogP contribution in [0.15, 0.2) is 50.8 Å². The summed E-state index contributed by atoms with van der Waals surface area (Å²) in [6.07, 6.45) is 3.73. The number of benzene rings is 1. The maximum Gasteiger partial charge on any atom is 0.338 e. The molecular formula is C20H26N2O7S2. The van der Waals surface area contributed by atoms with Crippen molar-refractivity contribution in [2.45, 2.75) is 42.3 Å². The Morgan fingerprint density at radius 1 is 0.968 bits per heavy atom. The van der Waals surface area contributed by atoms with E-state index in [9.17, 15) is 21.6 Å². The number of esters is 1. The third-order valence-corrected chi connectivity index (χ3v) is 8.61. The van der Waals surface area contributed by atoms with E-state index in [0.717, 1.165) is 30.0 Å². The number of rotatable bonds is 7. The van der Waals surface area contributed by atoms with E-state index in [-0.39, 0.29) is 27.9 Å². The zero-order valence-electron chi connectivity index (χ0n) is 17.5. The maximum atomic E-state index is 12.8. The number of carbonyl (C=O) groups excluding carboxylic acids is 1. The number of hydrogen-bond donors (Lipinski definition) is 0. The number of carbonyl (C=O) groups is 1. The van der Waals surface area contributed by atoms with Crippen molar-refractivity contribution in [3.8, 4) is 0 Å². The van der Waals surface area contributed by atoms with Gasteiger partial charge in [-0.3, -0.25) is 0 Å². The Hall–Kier alpha value is -2.21. The van der Waals surface area contributed by atoms with Crippen LogP contribution in [0.5, 0.6) is 0 Å². The lowest BCUT2D eigenvalue weighted by molar-refractivity contribution is 0.0440. The summed E-state index contributed by atoms with van der Waals surface area (Å²) in [6, 6.07) is 8.30. The van der Waals surface area contributed by atoms with Gasteiger partial charge in [0.25, 0.3) is 10.0 Å². The third-order valence-electron chi connectivity index (χ3n) is 5.01. The van der Waals surface area contributed by atoms with E-state index < -0.39 is 26.0 Å². The first kappa shape index (κ1) is 23.5. The molecule has 11 heteroatoms. The van der Waals surface area contributed by atoms with Gasteiger partial charge in [0, 0.05) is 27.2 Å². The molecule has 1 aromatic carbocycles. The minimum absolute atomic E-state index is 0.135. The Kier molecular flexibility index (Phi) is 7.20. The summed E-state index contributed by atoms with van der Waals surface area (Å²) in [5.74, 6) is -0.499. The molecule has 0 unspecified atom stereocenters. The topological polar surface area (TPSA) is 114 Å². The molecule has 0 amide bonds. The van der Waals surface area contributed by atoms with E-state index in [2.05, 4.69) is 0 Å². The van der Waals surface area contributed by atoms with Crippen LogP contribution in [-0.2, 0) is 31.4 Å². The van der Waals surface area contributed by atoms with Crippen molar-refractivity contribution in [1.29, 1.82) is 0 Å². The van der Waals surface area contributed by atoms with E-state index in [4.69, 9.17) is 9.15 Å². The maximum absolute atomic E-state index is 12.8. The van der Waals surface area contributed by atoms with Crippen molar-refractivity contribution in [1.82, 2.24) is 8.61 Å². The first-order chi connectivity index (χ1) is 14.6. The highest BCUT2D eigenvalue weighted by Gasteiger charge is 2.25. The SMILES string of the molecule is CN(C)S(=O)(=O)c1ccc(COC(=O)c2ccc(S(=O)(=O)N3CCCCCC3)cc2)o1. The molecular weight excluding hydrogens is 444 g/mol. The fourth-order valence-electron chi connectivity index (χ4n) is 3.17. The lowest BCUT2D eigenvalue weighted by Crippen LogP contribution is -2.31. The predicted molar refractivity (Wildman–Crippen MR) is 112 cm³/mol. The molecule has 0 aliphatic carbocycles. The Bertz CT molecular complexity index is 1110. The third kappa shape index (κ3) is 5.35. The van der Waals surface area contributed by atoms with E-state index in [0.29, 0.717) is 13.1 Å². The van der Waals surface area contributed by atoms with Crippen molar-refractivity contribution < 1.29 is 30.8 Å². The molecule has 170 valence electrons. The highest BCUT2D eigenvalue weighted by molar-refractivity contribution is 7.89. The number of nitrogens with zero attached hydrogens (tertiary/aromatic N) is 2. The van der Waals surface area contributed by atoms with E-state index in [1.54, 1.807) is 0 Å². The average molecular weight is 471 g/mol. The molecule has 0 atom stereocenters. The molecule has 0 bridgehead atoms. The molecule has 2 heterocycles. The van der Waals surface area contributed by atoms with Gasteiger partial charge in [-0.1, -0.05) is 12.8 Å². The molecule has 1 aliphatic heterocycles. The molecule has 1 aromatic heterocycles. The number of hydrogen-bond acceptors (Lipinski definition) is 7. The lowest BCUT2D eigenvalue weighted by atomic mass is 10.2. The molecule has 2 aromatic rings. The molecule has 0 saturated carbocycles. The summed E-state index contributed by atoms with van der Waals surface area (Å²) in [6.45, 7) is 0.747. The summed E-state index contributed by atoms with van der Waals surface area (Å²) in [7, 11) is -4.54. The summed E-state index contributed by atoms with van der Waals surface area (Å²) in [5.41, 5.74) is 0.183. The standard InChI is InChI=1S/C20H26N2O7S2/c1-21(2)31(26,27)19-12-9-17(29-19)15-28-20(23)16-7-10-18(11-8-16)30(24,25)22-13-5-3-4-6-14-22/h7-12H,3-6,13-15H2,1-2H3. The number of furan rings is 1. The Morgan fingerprint density at radius 2 is 1.58 bits per heavy atom. The van der Waals surface area contributed by atoms with Crippen LogP contribution in [0.25, 0.3) is 0 Å². The Morgan fingerprint density at radius 3 is 2.16 bits per heavy atom. The van der Waals surface area contributed by atoms with Gasteiger partial charge in [0.1, 0.15) is 12.4 Å². The molecule has 9 nitrogen and oxygen atoms in total. The first-order valence-electron chi connectivity index (χ1n) is 9.91. The van der Waals surface area contributed by atoms with Crippen LogP contribution in [0.4, 0.5) is 0 Å². The normalized spacial score (nSPS) is 16.2. The van der Waals surface area contributed by atoms with Gasteiger partial charge in [-0.15, -0.1) is 0 Å². The van der Waals surface area contributed by atoms with Crippen LogP contribution in [0.2, 0.25) is 0 Å². The highest BCUT2D eigenvalue weighted by atomic mass is 32.2. The van der Waals surface area contributed by atoms with Gasteiger partial charge in [0.2, 0.25) is 15.1 Å².